The highest BCUT2D eigenvalue weighted by molar-refractivity contribution is 5.58. The largest absolute Gasteiger partial charge is 0.373 e. The van der Waals surface area contributed by atoms with E-state index in [4.69, 9.17) is 0 Å². The molecule has 1 N–H and O–H groups in total. The van der Waals surface area contributed by atoms with Crippen LogP contribution < -0.4 is 10.2 Å². The molecule has 0 aromatic carbocycles. The van der Waals surface area contributed by atoms with E-state index in [1.165, 1.54) is 5.56 Å². The molecule has 0 saturated heterocycles. The smallest absolute Gasteiger partial charge is 0.137 e. The molecule has 4 heteroatoms. The Morgan fingerprint density at radius 1 is 1.35 bits per heavy atom. The van der Waals surface area contributed by atoms with Crippen LogP contribution in [0.15, 0.2) is 6.33 Å². The van der Waals surface area contributed by atoms with Gasteiger partial charge in [0.05, 0.1) is 0 Å². The van der Waals surface area contributed by atoms with Crippen LogP contribution in [0.2, 0.25) is 0 Å². The standard InChI is InChI=1S/C13H24N4/c1-6-8-11-12(14-4)15-9-16-13(11)17(5)10(3)7-2/h9-10H,6-8H2,1-5H3,(H,14,15,16). The van der Waals surface area contributed by atoms with E-state index in [0.29, 0.717) is 6.04 Å². The van der Waals surface area contributed by atoms with Crippen molar-refractivity contribution in [3.63, 3.8) is 0 Å². The van der Waals surface area contributed by atoms with E-state index < -0.39 is 0 Å². The molecule has 1 aromatic rings. The van der Waals surface area contributed by atoms with Gasteiger partial charge in [0, 0.05) is 25.7 Å². The first-order valence-electron chi connectivity index (χ1n) is 6.40. The van der Waals surface area contributed by atoms with Gasteiger partial charge in [-0.15, -0.1) is 0 Å². The van der Waals surface area contributed by atoms with Crippen molar-refractivity contribution in [1.82, 2.24) is 9.97 Å². The maximum absolute atomic E-state index is 4.45. The predicted molar refractivity (Wildman–Crippen MR) is 73.7 cm³/mol. The lowest BCUT2D eigenvalue weighted by atomic mass is 10.1. The van der Waals surface area contributed by atoms with Gasteiger partial charge in [-0.05, 0) is 19.8 Å². The molecule has 0 radical (unpaired) electrons. The fraction of sp³-hybridized carbons (Fsp3) is 0.692. The fourth-order valence-electron chi connectivity index (χ4n) is 1.89. The summed E-state index contributed by atoms with van der Waals surface area (Å²) in [5.41, 5.74) is 1.22. The lowest BCUT2D eigenvalue weighted by Gasteiger charge is -2.27. The van der Waals surface area contributed by atoms with Crippen LogP contribution in [0, 0.1) is 0 Å². The number of hydrogen-bond acceptors (Lipinski definition) is 4. The van der Waals surface area contributed by atoms with Gasteiger partial charge >= 0.3 is 0 Å². The molecule has 0 bridgehead atoms. The minimum atomic E-state index is 0.491. The molecule has 1 heterocycles. The maximum Gasteiger partial charge on any atom is 0.137 e. The Kier molecular flexibility index (Phi) is 5.19. The molecule has 0 aliphatic carbocycles. The Balaban J connectivity index is 3.12. The lowest BCUT2D eigenvalue weighted by molar-refractivity contribution is 0.651. The molecular weight excluding hydrogens is 212 g/mol. The minimum absolute atomic E-state index is 0.491. The van der Waals surface area contributed by atoms with Gasteiger partial charge in [-0.2, -0.15) is 0 Å². The van der Waals surface area contributed by atoms with Gasteiger partial charge in [0.15, 0.2) is 0 Å². The highest BCUT2D eigenvalue weighted by Crippen LogP contribution is 2.25. The van der Waals surface area contributed by atoms with Crippen LogP contribution >= 0.6 is 0 Å². The van der Waals surface area contributed by atoms with Crippen LogP contribution in [0.5, 0.6) is 0 Å². The van der Waals surface area contributed by atoms with E-state index in [9.17, 15) is 0 Å². The number of aromatic nitrogens is 2. The molecule has 1 unspecified atom stereocenters. The summed E-state index contributed by atoms with van der Waals surface area (Å²) >= 11 is 0. The second kappa shape index (κ2) is 6.42. The summed E-state index contributed by atoms with van der Waals surface area (Å²) in [5.74, 6) is 2.01. The average molecular weight is 236 g/mol. The van der Waals surface area contributed by atoms with Crippen LogP contribution in [-0.2, 0) is 6.42 Å². The highest BCUT2D eigenvalue weighted by atomic mass is 15.2. The number of rotatable bonds is 6. The third-order valence-corrected chi connectivity index (χ3v) is 3.25. The topological polar surface area (TPSA) is 41.1 Å². The summed E-state index contributed by atoms with van der Waals surface area (Å²) < 4.78 is 0. The van der Waals surface area contributed by atoms with Gasteiger partial charge in [-0.25, -0.2) is 9.97 Å². The lowest BCUT2D eigenvalue weighted by Crippen LogP contribution is -2.30. The number of hydrogen-bond donors (Lipinski definition) is 1. The van der Waals surface area contributed by atoms with Crippen molar-refractivity contribution in [2.24, 2.45) is 0 Å². The summed E-state index contributed by atoms with van der Waals surface area (Å²) in [6.07, 6.45) is 4.86. The van der Waals surface area contributed by atoms with Gasteiger partial charge in [0.25, 0.3) is 0 Å². The van der Waals surface area contributed by atoms with Gasteiger partial charge < -0.3 is 10.2 Å². The quantitative estimate of drug-likeness (QED) is 0.824. The summed E-state index contributed by atoms with van der Waals surface area (Å²) in [6, 6.07) is 0.491. The van der Waals surface area contributed by atoms with Crippen molar-refractivity contribution in [3.8, 4) is 0 Å². The van der Waals surface area contributed by atoms with Gasteiger partial charge in [-0.1, -0.05) is 20.3 Å². The zero-order chi connectivity index (χ0) is 12.8. The summed E-state index contributed by atoms with van der Waals surface area (Å²) in [4.78, 5) is 11.0. The molecule has 0 aliphatic heterocycles. The number of nitrogens with zero attached hydrogens (tertiary/aromatic N) is 3. The molecule has 0 fully saturated rings. The normalized spacial score (nSPS) is 12.3. The maximum atomic E-state index is 4.45. The Bertz CT molecular complexity index is 351. The van der Waals surface area contributed by atoms with Crippen molar-refractivity contribution in [3.05, 3.63) is 11.9 Å². The van der Waals surface area contributed by atoms with E-state index in [1.807, 2.05) is 7.05 Å². The molecule has 0 saturated carbocycles. The Morgan fingerprint density at radius 3 is 2.59 bits per heavy atom. The molecule has 17 heavy (non-hydrogen) atoms. The third-order valence-electron chi connectivity index (χ3n) is 3.25. The van der Waals surface area contributed by atoms with Crippen LogP contribution in [0.1, 0.15) is 39.2 Å². The molecule has 0 amide bonds. The van der Waals surface area contributed by atoms with Crippen LogP contribution in [0.3, 0.4) is 0 Å². The molecular formula is C13H24N4. The summed E-state index contributed by atoms with van der Waals surface area (Å²) in [6.45, 7) is 6.59. The van der Waals surface area contributed by atoms with Crippen molar-refractivity contribution >= 4 is 11.6 Å². The monoisotopic (exact) mass is 236 g/mol. The second-order valence-electron chi connectivity index (χ2n) is 4.39. The summed E-state index contributed by atoms with van der Waals surface area (Å²) in [7, 11) is 4.02. The van der Waals surface area contributed by atoms with Gasteiger partial charge in [0.2, 0.25) is 0 Å². The van der Waals surface area contributed by atoms with Gasteiger partial charge in [0.1, 0.15) is 18.0 Å². The molecule has 0 aliphatic rings. The third kappa shape index (κ3) is 3.08. The van der Waals surface area contributed by atoms with Crippen molar-refractivity contribution in [1.29, 1.82) is 0 Å². The zero-order valence-corrected chi connectivity index (χ0v) is 11.6. The van der Waals surface area contributed by atoms with Crippen LogP contribution in [0.25, 0.3) is 0 Å². The molecule has 1 atom stereocenters. The Morgan fingerprint density at radius 2 is 2.06 bits per heavy atom. The van der Waals surface area contributed by atoms with Crippen LogP contribution in [-0.4, -0.2) is 30.1 Å². The Hall–Kier alpha value is -1.32. The number of nitrogens with one attached hydrogen (secondary N) is 1. The van der Waals surface area contributed by atoms with E-state index in [-0.39, 0.29) is 0 Å². The predicted octanol–water partition coefficient (Wildman–Crippen LogP) is 2.71. The van der Waals surface area contributed by atoms with Crippen molar-refractivity contribution in [2.45, 2.75) is 46.1 Å². The molecule has 1 rings (SSSR count). The van der Waals surface area contributed by atoms with Crippen LogP contribution in [0.4, 0.5) is 11.6 Å². The van der Waals surface area contributed by atoms with E-state index in [2.05, 4.69) is 48.0 Å². The number of anilines is 2. The SMILES string of the molecule is CCCc1c(NC)ncnc1N(C)C(C)CC. The van der Waals surface area contributed by atoms with E-state index >= 15 is 0 Å². The summed E-state index contributed by atoms with van der Waals surface area (Å²) in [5, 5.41) is 3.15. The molecule has 1 aromatic heterocycles. The average Bonchev–Trinajstić information content (AvgIpc) is 2.37. The Labute approximate surface area is 104 Å². The first-order valence-corrected chi connectivity index (χ1v) is 6.40. The zero-order valence-electron chi connectivity index (χ0n) is 11.6. The molecule has 96 valence electrons. The van der Waals surface area contributed by atoms with E-state index in [1.54, 1.807) is 6.33 Å². The molecule has 0 spiro atoms. The van der Waals surface area contributed by atoms with Crippen molar-refractivity contribution in [2.75, 3.05) is 24.3 Å². The first kappa shape index (κ1) is 13.7. The van der Waals surface area contributed by atoms with E-state index in [0.717, 1.165) is 30.9 Å². The van der Waals surface area contributed by atoms with Gasteiger partial charge in [-0.3, -0.25) is 0 Å². The fourth-order valence-corrected chi connectivity index (χ4v) is 1.89. The highest BCUT2D eigenvalue weighted by Gasteiger charge is 2.16. The minimum Gasteiger partial charge on any atom is -0.373 e. The second-order valence-corrected chi connectivity index (χ2v) is 4.39. The molecule has 4 nitrogen and oxygen atoms in total. The first-order chi connectivity index (χ1) is 8.15. The van der Waals surface area contributed by atoms with Crippen molar-refractivity contribution < 1.29 is 0 Å².